The fourth-order valence-corrected chi connectivity index (χ4v) is 5.43. The molecule has 1 amide bonds. The van der Waals surface area contributed by atoms with E-state index in [0.29, 0.717) is 49.8 Å². The summed E-state index contributed by atoms with van der Waals surface area (Å²) in [5.74, 6) is 5.55. The third-order valence-electron chi connectivity index (χ3n) is 7.46. The lowest BCUT2D eigenvalue weighted by Gasteiger charge is -2.38. The van der Waals surface area contributed by atoms with Crippen molar-refractivity contribution in [2.45, 2.75) is 38.1 Å². The highest BCUT2D eigenvalue weighted by Gasteiger charge is 2.31. The van der Waals surface area contributed by atoms with Crippen LogP contribution in [0.3, 0.4) is 0 Å². The largest absolute Gasteiger partial charge is 0.406 e. The predicted octanol–water partition coefficient (Wildman–Crippen LogP) is 3.35. The lowest BCUT2D eigenvalue weighted by Crippen LogP contribution is -2.45. The van der Waals surface area contributed by atoms with Crippen LogP contribution >= 0.6 is 0 Å². The van der Waals surface area contributed by atoms with Crippen LogP contribution in [0.1, 0.15) is 29.0 Å². The van der Waals surface area contributed by atoms with E-state index in [1.54, 1.807) is 35.1 Å². The molecule has 41 heavy (non-hydrogen) atoms. The van der Waals surface area contributed by atoms with Gasteiger partial charge in [-0.05, 0) is 62.5 Å². The number of aromatic nitrogens is 3. The fraction of sp³-hybridized carbons (Fsp3) is 0.517. The molecule has 2 N–H and O–H groups in total. The number of anilines is 1. The first kappa shape index (κ1) is 29.0. The highest BCUT2D eigenvalue weighted by Crippen LogP contribution is 2.32. The number of hydrogen-bond acceptors (Lipinski definition) is 6. The molecule has 5 rings (SSSR count). The molecule has 0 spiro atoms. The summed E-state index contributed by atoms with van der Waals surface area (Å²) in [6.07, 6.45) is -0.977. The molecular weight excluding hydrogens is 537 g/mol. The van der Waals surface area contributed by atoms with Crippen LogP contribution in [-0.4, -0.2) is 90.5 Å². The van der Waals surface area contributed by atoms with Gasteiger partial charge in [0.2, 0.25) is 0 Å². The van der Waals surface area contributed by atoms with Crippen LogP contribution in [0.2, 0.25) is 0 Å². The second-order valence-corrected chi connectivity index (χ2v) is 10.5. The Morgan fingerprint density at radius 1 is 1.10 bits per heavy atom. The molecule has 1 saturated heterocycles. The molecule has 0 radical (unpaired) electrons. The third kappa shape index (κ3) is 7.61. The van der Waals surface area contributed by atoms with Crippen LogP contribution in [0.15, 0.2) is 36.5 Å². The number of hydrogen-bond donors (Lipinski definition) is 2. The Hall–Kier alpha value is -3.53. The van der Waals surface area contributed by atoms with Gasteiger partial charge in [-0.3, -0.25) is 9.48 Å². The van der Waals surface area contributed by atoms with Crippen molar-refractivity contribution in [2.24, 2.45) is 5.92 Å². The molecular formula is C29H35F3N6O3. The van der Waals surface area contributed by atoms with Gasteiger partial charge in [-0.2, -0.15) is 18.3 Å². The van der Waals surface area contributed by atoms with E-state index in [4.69, 9.17) is 9.47 Å². The maximum absolute atomic E-state index is 13.6. The van der Waals surface area contributed by atoms with Crippen molar-refractivity contribution in [3.8, 4) is 11.8 Å². The zero-order valence-electron chi connectivity index (χ0n) is 23.0. The average molecular weight is 573 g/mol. The first-order valence-corrected chi connectivity index (χ1v) is 13.9. The molecule has 2 aromatic heterocycles. The molecule has 2 aliphatic rings. The number of fused-ring (bicyclic) bond motifs is 4. The van der Waals surface area contributed by atoms with Gasteiger partial charge in [0.25, 0.3) is 5.91 Å². The maximum atomic E-state index is 13.6. The number of amides is 1. The third-order valence-corrected chi connectivity index (χ3v) is 7.46. The van der Waals surface area contributed by atoms with Gasteiger partial charge >= 0.3 is 6.18 Å². The van der Waals surface area contributed by atoms with E-state index in [9.17, 15) is 18.0 Å². The van der Waals surface area contributed by atoms with Gasteiger partial charge in [-0.1, -0.05) is 12.0 Å². The number of piperidine rings is 1. The molecule has 12 heteroatoms. The number of carbonyl (C=O) groups is 1. The van der Waals surface area contributed by atoms with E-state index in [1.165, 1.54) is 4.57 Å². The molecule has 2 unspecified atom stereocenters. The Labute approximate surface area is 236 Å². The zero-order chi connectivity index (χ0) is 28.8. The molecule has 4 heterocycles. The van der Waals surface area contributed by atoms with E-state index >= 15 is 0 Å². The van der Waals surface area contributed by atoms with Crippen molar-refractivity contribution in [1.82, 2.24) is 24.6 Å². The number of benzene rings is 1. The number of alkyl halides is 3. The van der Waals surface area contributed by atoms with E-state index in [1.807, 2.05) is 6.07 Å². The minimum Gasteiger partial charge on any atom is -0.381 e. The maximum Gasteiger partial charge on any atom is 0.406 e. The standard InChI is InChI=1S/C29H35F3N6O3/c1-36-11-7-24-21(19-36)9-14-40-16-17-41-15-13-37-12-8-26(35-37)28(39)33-10-3-4-22-18-23-25(34-24)5-2-6-27(23)38(22)20-29(30,31)32/h2,5-6,8,12,18,21,24,34H,7,9-11,13-17,19-20H2,1H3,(H,33,39). The van der Waals surface area contributed by atoms with Crippen molar-refractivity contribution >= 4 is 22.5 Å². The van der Waals surface area contributed by atoms with Gasteiger partial charge < -0.3 is 29.6 Å². The SMILES string of the molecule is CN1CCC2Nc3cccc4c3cc(n4CC(F)(F)F)C#CCNC(=O)c3ccn(n3)CCOCCOCCC2C1. The summed E-state index contributed by atoms with van der Waals surface area (Å²) in [5.41, 5.74) is 1.69. The summed E-state index contributed by atoms with van der Waals surface area (Å²) in [4.78, 5) is 14.8. The van der Waals surface area contributed by atoms with Gasteiger partial charge in [-0.25, -0.2) is 0 Å². The minimum absolute atomic E-state index is 0.0370. The number of likely N-dealkylation sites (tertiary alicyclic amines) is 1. The van der Waals surface area contributed by atoms with Gasteiger partial charge in [-0.15, -0.1) is 0 Å². The highest BCUT2D eigenvalue weighted by molar-refractivity contribution is 5.94. The quantitative estimate of drug-likeness (QED) is 0.436. The molecule has 1 aromatic carbocycles. The Balaban J connectivity index is 1.44. The predicted molar refractivity (Wildman–Crippen MR) is 149 cm³/mol. The normalized spacial score (nSPS) is 21.9. The van der Waals surface area contributed by atoms with Crippen LogP contribution in [0.5, 0.6) is 0 Å². The van der Waals surface area contributed by atoms with Crippen molar-refractivity contribution < 1.29 is 27.4 Å². The molecule has 1 fully saturated rings. The van der Waals surface area contributed by atoms with Crippen LogP contribution < -0.4 is 10.6 Å². The molecule has 0 aliphatic carbocycles. The molecule has 2 atom stereocenters. The summed E-state index contributed by atoms with van der Waals surface area (Å²) >= 11 is 0. The van der Waals surface area contributed by atoms with Gasteiger partial charge in [0.15, 0.2) is 0 Å². The van der Waals surface area contributed by atoms with Crippen LogP contribution in [0.25, 0.3) is 10.9 Å². The topological polar surface area (TPSA) is 85.6 Å². The summed E-state index contributed by atoms with van der Waals surface area (Å²) in [5, 5.41) is 11.2. The molecule has 220 valence electrons. The smallest absolute Gasteiger partial charge is 0.381 e. The van der Waals surface area contributed by atoms with Crippen molar-refractivity contribution in [2.75, 3.05) is 58.4 Å². The second-order valence-electron chi connectivity index (χ2n) is 10.5. The van der Waals surface area contributed by atoms with E-state index < -0.39 is 18.6 Å². The van der Waals surface area contributed by atoms with Crippen LogP contribution in [0.4, 0.5) is 18.9 Å². The monoisotopic (exact) mass is 572 g/mol. The van der Waals surface area contributed by atoms with Crippen LogP contribution in [-0.2, 0) is 22.6 Å². The average Bonchev–Trinajstić information content (AvgIpc) is 3.54. The lowest BCUT2D eigenvalue weighted by molar-refractivity contribution is -0.140. The van der Waals surface area contributed by atoms with Gasteiger partial charge in [0, 0.05) is 36.5 Å². The molecule has 9 nitrogen and oxygen atoms in total. The molecule has 2 aliphatic heterocycles. The van der Waals surface area contributed by atoms with Gasteiger partial charge in [0.1, 0.15) is 12.2 Å². The fourth-order valence-electron chi connectivity index (χ4n) is 5.43. The highest BCUT2D eigenvalue weighted by atomic mass is 19.4. The van der Waals surface area contributed by atoms with Crippen molar-refractivity contribution in [3.05, 3.63) is 47.9 Å². The molecule has 4 bridgehead atoms. The van der Waals surface area contributed by atoms with Crippen molar-refractivity contribution in [3.63, 3.8) is 0 Å². The van der Waals surface area contributed by atoms with Gasteiger partial charge in [0.05, 0.1) is 44.1 Å². The van der Waals surface area contributed by atoms with E-state index in [-0.39, 0.29) is 24.0 Å². The van der Waals surface area contributed by atoms with E-state index in [0.717, 1.165) is 31.6 Å². The minimum atomic E-state index is -4.43. The number of ether oxygens (including phenoxy) is 2. The summed E-state index contributed by atoms with van der Waals surface area (Å²) in [6, 6.07) is 8.79. The Morgan fingerprint density at radius 2 is 1.93 bits per heavy atom. The first-order valence-electron chi connectivity index (χ1n) is 13.9. The summed E-state index contributed by atoms with van der Waals surface area (Å²) in [6.45, 7) is 3.06. The first-order chi connectivity index (χ1) is 19.8. The Morgan fingerprint density at radius 3 is 2.76 bits per heavy atom. The molecule has 0 saturated carbocycles. The Bertz CT molecular complexity index is 1410. The number of rotatable bonds is 1. The number of halogens is 3. The summed E-state index contributed by atoms with van der Waals surface area (Å²) in [7, 11) is 2.10. The number of nitrogens with zero attached hydrogens (tertiary/aromatic N) is 4. The van der Waals surface area contributed by atoms with Crippen molar-refractivity contribution in [1.29, 1.82) is 0 Å². The number of carbonyl (C=O) groups excluding carboxylic acids is 1. The van der Waals surface area contributed by atoms with E-state index in [2.05, 4.69) is 39.5 Å². The summed E-state index contributed by atoms with van der Waals surface area (Å²) < 4.78 is 55.1. The van der Waals surface area contributed by atoms with Crippen LogP contribution in [0, 0.1) is 17.8 Å². The second kappa shape index (κ2) is 13.0. The lowest BCUT2D eigenvalue weighted by atomic mass is 9.89. The number of nitrogens with one attached hydrogen (secondary N) is 2. The molecule has 3 aromatic rings. The Kier molecular flexibility index (Phi) is 9.17. The zero-order valence-corrected chi connectivity index (χ0v) is 23.0.